The van der Waals surface area contributed by atoms with Crippen LogP contribution in [0, 0.1) is 5.92 Å². The van der Waals surface area contributed by atoms with Crippen LogP contribution in [-0.2, 0) is 4.79 Å². The Balaban J connectivity index is 0.00000208. The maximum absolute atomic E-state index is 12.5. The molecule has 3 rings (SSSR count). The molecule has 1 unspecified atom stereocenters. The van der Waals surface area contributed by atoms with E-state index in [1.54, 1.807) is 0 Å². The van der Waals surface area contributed by atoms with Gasteiger partial charge in [-0.05, 0) is 43.7 Å². The van der Waals surface area contributed by atoms with Crippen molar-refractivity contribution < 1.29 is 9.59 Å². The Hall–Kier alpha value is -1.11. The van der Waals surface area contributed by atoms with Gasteiger partial charge in [-0.2, -0.15) is 0 Å². The van der Waals surface area contributed by atoms with E-state index >= 15 is 0 Å². The van der Waals surface area contributed by atoms with E-state index in [9.17, 15) is 9.59 Å². The van der Waals surface area contributed by atoms with Gasteiger partial charge in [-0.15, -0.1) is 12.4 Å². The summed E-state index contributed by atoms with van der Waals surface area (Å²) in [4.78, 5) is 28.8. The number of amides is 2. The third-order valence-corrected chi connectivity index (χ3v) is 5.14. The Labute approximate surface area is 157 Å². The van der Waals surface area contributed by atoms with Crippen molar-refractivity contribution in [2.45, 2.75) is 12.8 Å². The molecule has 0 spiro atoms. The molecule has 2 aliphatic heterocycles. The number of rotatable bonds is 2. The second kappa shape index (κ2) is 8.83. The summed E-state index contributed by atoms with van der Waals surface area (Å²) in [7, 11) is 0. The van der Waals surface area contributed by atoms with Crippen LogP contribution in [0.15, 0.2) is 28.7 Å². The smallest absolute Gasteiger partial charge is 0.253 e. The average Bonchev–Trinajstić information content (AvgIpc) is 2.62. The normalized spacial score (nSPS) is 21.1. The molecular weight excluding hydrogens is 394 g/mol. The molecule has 0 radical (unpaired) electrons. The van der Waals surface area contributed by atoms with Crippen molar-refractivity contribution >= 4 is 40.2 Å². The maximum atomic E-state index is 12.5. The third-order valence-electron chi connectivity index (χ3n) is 4.62. The van der Waals surface area contributed by atoms with E-state index < -0.39 is 0 Å². The molecule has 1 aromatic rings. The highest BCUT2D eigenvalue weighted by molar-refractivity contribution is 9.10. The molecule has 2 fully saturated rings. The fourth-order valence-corrected chi connectivity index (χ4v) is 3.49. The van der Waals surface area contributed by atoms with Gasteiger partial charge in [0, 0.05) is 42.8 Å². The van der Waals surface area contributed by atoms with Gasteiger partial charge in [0.15, 0.2) is 0 Å². The molecule has 0 aliphatic carbocycles. The lowest BCUT2D eigenvalue weighted by Gasteiger charge is -2.37. The van der Waals surface area contributed by atoms with Gasteiger partial charge in [0.25, 0.3) is 5.91 Å². The van der Waals surface area contributed by atoms with Crippen molar-refractivity contribution in [1.82, 2.24) is 15.1 Å². The van der Waals surface area contributed by atoms with Gasteiger partial charge < -0.3 is 15.1 Å². The van der Waals surface area contributed by atoms with E-state index in [1.165, 1.54) is 0 Å². The molecule has 1 N–H and O–H groups in total. The molecule has 132 valence electrons. The van der Waals surface area contributed by atoms with E-state index in [0.29, 0.717) is 31.7 Å². The van der Waals surface area contributed by atoms with Crippen LogP contribution < -0.4 is 5.32 Å². The number of nitrogens with one attached hydrogen (secondary N) is 1. The zero-order valence-corrected chi connectivity index (χ0v) is 15.9. The number of piperidine rings is 1. The minimum Gasteiger partial charge on any atom is -0.339 e. The number of hydrogen-bond acceptors (Lipinski definition) is 3. The first-order valence-electron chi connectivity index (χ1n) is 8.19. The average molecular weight is 417 g/mol. The van der Waals surface area contributed by atoms with Gasteiger partial charge in [0.2, 0.25) is 5.91 Å². The summed E-state index contributed by atoms with van der Waals surface area (Å²) in [6, 6.07) is 7.42. The van der Waals surface area contributed by atoms with Gasteiger partial charge in [-0.25, -0.2) is 0 Å². The predicted octanol–water partition coefficient (Wildman–Crippen LogP) is 2.15. The second-order valence-corrected chi connectivity index (χ2v) is 7.08. The summed E-state index contributed by atoms with van der Waals surface area (Å²) in [5.41, 5.74) is 0.699. The van der Waals surface area contributed by atoms with E-state index in [2.05, 4.69) is 21.2 Å². The quantitative estimate of drug-likeness (QED) is 0.804. The monoisotopic (exact) mass is 415 g/mol. The number of nitrogens with zero attached hydrogens (tertiary/aromatic N) is 2. The molecule has 2 aliphatic rings. The number of halogens is 2. The minimum absolute atomic E-state index is 0. The van der Waals surface area contributed by atoms with Crippen molar-refractivity contribution in [3.63, 3.8) is 0 Å². The van der Waals surface area contributed by atoms with Gasteiger partial charge in [0.05, 0.1) is 5.92 Å². The summed E-state index contributed by atoms with van der Waals surface area (Å²) in [6.07, 6.45) is 2.04. The Kier molecular flexibility index (Phi) is 7.07. The Bertz CT molecular complexity index is 568. The number of carbonyl (C=O) groups is 2. The number of carbonyl (C=O) groups excluding carboxylic acids is 2. The molecule has 0 aromatic heterocycles. The van der Waals surface area contributed by atoms with E-state index in [-0.39, 0.29) is 30.1 Å². The molecule has 24 heavy (non-hydrogen) atoms. The molecular formula is C17H23BrClN3O2. The Morgan fingerprint density at radius 1 is 1.04 bits per heavy atom. The van der Waals surface area contributed by atoms with Crippen molar-refractivity contribution in [2.75, 3.05) is 39.3 Å². The molecule has 0 bridgehead atoms. The van der Waals surface area contributed by atoms with Crippen molar-refractivity contribution in [3.05, 3.63) is 34.3 Å². The molecule has 7 heteroatoms. The molecule has 2 heterocycles. The number of hydrogen-bond donors (Lipinski definition) is 1. The van der Waals surface area contributed by atoms with Crippen molar-refractivity contribution in [1.29, 1.82) is 0 Å². The fraction of sp³-hybridized carbons (Fsp3) is 0.529. The zero-order valence-electron chi connectivity index (χ0n) is 13.5. The van der Waals surface area contributed by atoms with Crippen LogP contribution in [0.4, 0.5) is 0 Å². The van der Waals surface area contributed by atoms with Crippen molar-refractivity contribution in [3.8, 4) is 0 Å². The summed E-state index contributed by atoms with van der Waals surface area (Å²) in [6.45, 7) is 4.30. The largest absolute Gasteiger partial charge is 0.339 e. The molecule has 1 aromatic carbocycles. The van der Waals surface area contributed by atoms with Crippen LogP contribution in [-0.4, -0.2) is 60.9 Å². The second-order valence-electron chi connectivity index (χ2n) is 6.17. The highest BCUT2D eigenvalue weighted by atomic mass is 79.9. The van der Waals surface area contributed by atoms with Gasteiger partial charge in [0.1, 0.15) is 0 Å². The van der Waals surface area contributed by atoms with Crippen LogP contribution in [0.5, 0.6) is 0 Å². The first-order chi connectivity index (χ1) is 11.1. The lowest BCUT2D eigenvalue weighted by molar-refractivity contribution is -0.137. The summed E-state index contributed by atoms with van der Waals surface area (Å²) in [5.74, 6) is 0.398. The van der Waals surface area contributed by atoms with E-state index in [1.807, 2.05) is 34.1 Å². The molecule has 5 nitrogen and oxygen atoms in total. The summed E-state index contributed by atoms with van der Waals surface area (Å²) < 4.78 is 0.963. The molecule has 2 amide bonds. The standard InChI is InChI=1S/C17H22BrN3O2.ClH/c18-15-5-3-13(4-6-15)16(22)20-8-10-21(11-9-20)17(23)14-2-1-7-19-12-14;/h3-6,14,19H,1-2,7-12H2;1H. The lowest BCUT2D eigenvalue weighted by Crippen LogP contribution is -2.53. The van der Waals surface area contributed by atoms with Crippen molar-refractivity contribution in [2.24, 2.45) is 5.92 Å². The topological polar surface area (TPSA) is 52.7 Å². The van der Waals surface area contributed by atoms with E-state index in [0.717, 1.165) is 30.4 Å². The molecule has 0 saturated carbocycles. The molecule has 1 atom stereocenters. The third kappa shape index (κ3) is 4.49. The van der Waals surface area contributed by atoms with E-state index in [4.69, 9.17) is 0 Å². The Morgan fingerprint density at radius 3 is 2.25 bits per heavy atom. The zero-order chi connectivity index (χ0) is 16.2. The number of piperazine rings is 1. The maximum Gasteiger partial charge on any atom is 0.253 e. The number of benzene rings is 1. The molecule has 2 saturated heterocycles. The minimum atomic E-state index is 0. The lowest BCUT2D eigenvalue weighted by atomic mass is 9.98. The van der Waals surface area contributed by atoms with Gasteiger partial charge in [-0.1, -0.05) is 15.9 Å². The highest BCUT2D eigenvalue weighted by Gasteiger charge is 2.29. The summed E-state index contributed by atoms with van der Waals surface area (Å²) >= 11 is 3.38. The first kappa shape index (κ1) is 19.2. The van der Waals surface area contributed by atoms with Gasteiger partial charge in [-0.3, -0.25) is 9.59 Å². The van der Waals surface area contributed by atoms with Crippen LogP contribution in [0.2, 0.25) is 0 Å². The van der Waals surface area contributed by atoms with Crippen LogP contribution >= 0.6 is 28.3 Å². The highest BCUT2D eigenvalue weighted by Crippen LogP contribution is 2.17. The first-order valence-corrected chi connectivity index (χ1v) is 8.99. The Morgan fingerprint density at radius 2 is 1.67 bits per heavy atom. The SMILES string of the molecule is Cl.O=C(c1ccc(Br)cc1)N1CCN(C(=O)C2CCCNC2)CC1. The predicted molar refractivity (Wildman–Crippen MR) is 99.5 cm³/mol. The fourth-order valence-electron chi connectivity index (χ4n) is 3.23. The summed E-state index contributed by atoms with van der Waals surface area (Å²) in [5, 5.41) is 3.29. The van der Waals surface area contributed by atoms with Gasteiger partial charge >= 0.3 is 0 Å². The van der Waals surface area contributed by atoms with Crippen LogP contribution in [0.25, 0.3) is 0 Å². The van der Waals surface area contributed by atoms with Crippen LogP contribution in [0.1, 0.15) is 23.2 Å². The van der Waals surface area contributed by atoms with Crippen LogP contribution in [0.3, 0.4) is 0 Å².